The lowest BCUT2D eigenvalue weighted by Gasteiger charge is -2.11. The van der Waals surface area contributed by atoms with Crippen LogP contribution in [0.15, 0.2) is 0 Å². The SMILES string of the molecule is CC(=[N+](C)O)P(C)(=O)[O-]. The van der Waals surface area contributed by atoms with E-state index in [-0.39, 0.29) is 5.45 Å². The van der Waals surface area contributed by atoms with Crippen LogP contribution in [0.5, 0.6) is 0 Å². The van der Waals surface area contributed by atoms with Crippen molar-refractivity contribution in [2.75, 3.05) is 13.7 Å². The third kappa shape index (κ3) is 2.63. The summed E-state index contributed by atoms with van der Waals surface area (Å²) < 4.78 is 11.2. The van der Waals surface area contributed by atoms with Crippen LogP contribution in [0.3, 0.4) is 0 Å². The maximum atomic E-state index is 10.6. The minimum atomic E-state index is -3.47. The van der Waals surface area contributed by atoms with Crippen molar-refractivity contribution in [1.29, 1.82) is 0 Å². The second-order valence-corrected chi connectivity index (χ2v) is 4.26. The Labute approximate surface area is 53.9 Å². The molecule has 0 bridgehead atoms. The summed E-state index contributed by atoms with van der Waals surface area (Å²) in [7, 11) is -2.20. The average molecular weight is 151 g/mol. The second kappa shape index (κ2) is 2.50. The Morgan fingerprint density at radius 3 is 2.11 bits per heavy atom. The van der Waals surface area contributed by atoms with Gasteiger partial charge in [0.05, 0.1) is 0 Å². The Balaban J connectivity index is 4.62. The summed E-state index contributed by atoms with van der Waals surface area (Å²) in [6.07, 6.45) is 0. The van der Waals surface area contributed by atoms with Gasteiger partial charge in [0.25, 0.3) is 0 Å². The maximum absolute atomic E-state index is 10.6. The van der Waals surface area contributed by atoms with Gasteiger partial charge in [-0.2, -0.15) is 0 Å². The molecule has 4 nitrogen and oxygen atoms in total. The third-order valence-corrected chi connectivity index (χ3v) is 2.52. The van der Waals surface area contributed by atoms with E-state index in [0.29, 0.717) is 4.74 Å². The molecule has 0 spiro atoms. The van der Waals surface area contributed by atoms with E-state index in [1.807, 2.05) is 0 Å². The molecule has 0 aromatic heterocycles. The Morgan fingerprint density at radius 2 is 2.11 bits per heavy atom. The number of nitrogens with zero attached hydrogens (tertiary/aromatic N) is 1. The van der Waals surface area contributed by atoms with Gasteiger partial charge < -0.3 is 9.46 Å². The van der Waals surface area contributed by atoms with Crippen LogP contribution < -0.4 is 4.89 Å². The quantitative estimate of drug-likeness (QED) is 0.184. The molecule has 9 heavy (non-hydrogen) atoms. The van der Waals surface area contributed by atoms with Gasteiger partial charge in [0, 0.05) is 6.92 Å². The molecule has 1 atom stereocenters. The lowest BCUT2D eigenvalue weighted by molar-refractivity contribution is -0.753. The van der Waals surface area contributed by atoms with Gasteiger partial charge in [-0.25, -0.2) is 0 Å². The highest BCUT2D eigenvalue weighted by atomic mass is 31.2. The number of hydrogen-bond acceptors (Lipinski definition) is 3. The van der Waals surface area contributed by atoms with Gasteiger partial charge >= 0.3 is 0 Å². The van der Waals surface area contributed by atoms with Gasteiger partial charge in [0.1, 0.15) is 7.37 Å². The smallest absolute Gasteiger partial charge is 0.242 e. The summed E-state index contributed by atoms with van der Waals surface area (Å²) in [5, 5.41) is 8.58. The first-order valence-corrected chi connectivity index (χ1v) is 4.48. The lowest BCUT2D eigenvalue weighted by atomic mass is 10.9. The zero-order valence-corrected chi connectivity index (χ0v) is 6.55. The molecule has 0 saturated heterocycles. The Bertz CT molecular complexity index is 176. The highest BCUT2D eigenvalue weighted by Crippen LogP contribution is 2.30. The van der Waals surface area contributed by atoms with Crippen LogP contribution in [0, 0.1) is 0 Å². The van der Waals surface area contributed by atoms with Crippen molar-refractivity contribution < 1.29 is 19.4 Å². The summed E-state index contributed by atoms with van der Waals surface area (Å²) >= 11 is 0. The fraction of sp³-hybridized carbons (Fsp3) is 0.750. The summed E-state index contributed by atoms with van der Waals surface area (Å²) in [5.74, 6) is 0. The van der Waals surface area contributed by atoms with Crippen LogP contribution in [0.1, 0.15) is 6.92 Å². The highest BCUT2D eigenvalue weighted by Gasteiger charge is 2.13. The van der Waals surface area contributed by atoms with Gasteiger partial charge in [-0.05, 0) is 11.4 Å². The molecule has 0 radical (unpaired) electrons. The van der Waals surface area contributed by atoms with Crippen LogP contribution in [-0.2, 0) is 4.57 Å². The molecule has 0 aliphatic carbocycles. The van der Waals surface area contributed by atoms with Crippen LogP contribution in [0.2, 0.25) is 0 Å². The largest absolute Gasteiger partial charge is 0.792 e. The Kier molecular flexibility index (Phi) is 2.40. The minimum Gasteiger partial charge on any atom is -0.792 e. The second-order valence-electron chi connectivity index (χ2n) is 1.92. The molecular weight excluding hydrogens is 141 g/mol. The predicted molar refractivity (Wildman–Crippen MR) is 32.2 cm³/mol. The molecule has 54 valence electrons. The molecule has 1 N–H and O–H groups in total. The molecule has 0 fully saturated rings. The number of hydroxylamine groups is 1. The molecule has 0 aromatic carbocycles. The standard InChI is InChI=1S/C4H10NO3P/c1-4(5(2)6)9(3,7)8/h1-3H3,(H-,6,7,8). The monoisotopic (exact) mass is 151 g/mol. The topological polar surface area (TPSA) is 63.4 Å². The first-order chi connectivity index (χ1) is 3.85. The summed E-state index contributed by atoms with van der Waals surface area (Å²) in [6, 6.07) is 0. The Hall–Kier alpha value is -0.340. The van der Waals surface area contributed by atoms with E-state index in [2.05, 4.69) is 0 Å². The highest BCUT2D eigenvalue weighted by molar-refractivity contribution is 7.73. The minimum absolute atomic E-state index is 0.0255. The fourth-order valence-corrected chi connectivity index (χ4v) is 0.789. The first-order valence-electron chi connectivity index (χ1n) is 2.41. The van der Waals surface area contributed by atoms with Gasteiger partial charge in [-0.15, -0.1) is 0 Å². The van der Waals surface area contributed by atoms with E-state index in [9.17, 15) is 9.46 Å². The molecule has 1 unspecified atom stereocenters. The molecule has 0 amide bonds. The van der Waals surface area contributed by atoms with Crippen molar-refractivity contribution in [2.24, 2.45) is 0 Å². The molecular formula is C4H10NO3P. The lowest BCUT2D eigenvalue weighted by Crippen LogP contribution is -2.16. The maximum Gasteiger partial charge on any atom is 0.242 e. The number of hydrogen-bond donors (Lipinski definition) is 1. The van der Waals surface area contributed by atoms with Crippen LogP contribution in [-0.4, -0.2) is 29.1 Å². The summed E-state index contributed by atoms with van der Waals surface area (Å²) in [6.45, 7) is 2.41. The number of rotatable bonds is 1. The van der Waals surface area contributed by atoms with Crippen molar-refractivity contribution in [1.82, 2.24) is 0 Å². The Morgan fingerprint density at radius 1 is 1.78 bits per heavy atom. The van der Waals surface area contributed by atoms with Gasteiger partial charge in [-0.3, -0.25) is 5.21 Å². The van der Waals surface area contributed by atoms with E-state index in [4.69, 9.17) is 5.21 Å². The van der Waals surface area contributed by atoms with E-state index in [0.717, 1.165) is 6.66 Å². The molecule has 0 aliphatic rings. The van der Waals surface area contributed by atoms with E-state index >= 15 is 0 Å². The van der Waals surface area contributed by atoms with Crippen molar-refractivity contribution in [3.8, 4) is 0 Å². The van der Waals surface area contributed by atoms with Crippen molar-refractivity contribution in [2.45, 2.75) is 6.92 Å². The summed E-state index contributed by atoms with van der Waals surface area (Å²) in [5.41, 5.74) is -0.0255. The van der Waals surface area contributed by atoms with Crippen LogP contribution in [0.4, 0.5) is 0 Å². The van der Waals surface area contributed by atoms with E-state index in [1.165, 1.54) is 14.0 Å². The molecule has 0 aliphatic heterocycles. The molecule has 5 heteroatoms. The van der Waals surface area contributed by atoms with Crippen molar-refractivity contribution in [3.05, 3.63) is 0 Å². The molecule has 0 rings (SSSR count). The van der Waals surface area contributed by atoms with Gasteiger partial charge in [0.2, 0.25) is 5.45 Å². The average Bonchev–Trinajstić information content (AvgIpc) is 1.62. The summed E-state index contributed by atoms with van der Waals surface area (Å²) in [4.78, 5) is 10.6. The molecule has 0 saturated carbocycles. The van der Waals surface area contributed by atoms with Crippen molar-refractivity contribution in [3.63, 3.8) is 0 Å². The zero-order chi connectivity index (χ0) is 7.65. The normalized spacial score (nSPS) is 20.4. The van der Waals surface area contributed by atoms with E-state index < -0.39 is 7.37 Å². The predicted octanol–water partition coefficient (Wildman–Crippen LogP) is -0.296. The van der Waals surface area contributed by atoms with Crippen molar-refractivity contribution >= 4 is 12.8 Å². The van der Waals surface area contributed by atoms with Gasteiger partial charge in [-0.1, -0.05) is 0 Å². The molecule has 0 heterocycles. The van der Waals surface area contributed by atoms with E-state index in [1.54, 1.807) is 0 Å². The van der Waals surface area contributed by atoms with Crippen LogP contribution in [0.25, 0.3) is 0 Å². The zero-order valence-electron chi connectivity index (χ0n) is 5.66. The third-order valence-electron chi connectivity index (χ3n) is 1.06. The van der Waals surface area contributed by atoms with Gasteiger partial charge in [0.15, 0.2) is 7.05 Å². The first kappa shape index (κ1) is 8.66. The van der Waals surface area contributed by atoms with Crippen LogP contribution >= 0.6 is 7.37 Å². The fourth-order valence-electron chi connectivity index (χ4n) is 0.263. The molecule has 0 aromatic rings.